The fourth-order valence-corrected chi connectivity index (χ4v) is 3.92. The van der Waals surface area contributed by atoms with Gasteiger partial charge in [-0.25, -0.2) is 0 Å². The van der Waals surface area contributed by atoms with Gasteiger partial charge >= 0.3 is 81.2 Å². The molecule has 0 heterocycles. The molecule has 0 atom stereocenters. The molecule has 0 fully saturated rings. The van der Waals surface area contributed by atoms with Crippen LogP contribution in [0.1, 0.15) is 5.56 Å². The molecule has 0 saturated heterocycles. The molecule has 60 valence electrons. The summed E-state index contributed by atoms with van der Waals surface area (Å²) in [5.74, 6) is 4.58. The molecule has 1 aromatic rings. The number of hydrogen-bond donors (Lipinski definition) is 0. The summed E-state index contributed by atoms with van der Waals surface area (Å²) >= 11 is 1.45. The van der Waals surface area contributed by atoms with Crippen LogP contribution in [0.15, 0.2) is 24.3 Å². The standard InChI is InChI=1S/C9H12Se2/c1-10-7-8-5-3-4-6-9(8)11-2/h3-6H,7H2,1-2H3. The maximum atomic E-state index is 2.30. The van der Waals surface area contributed by atoms with Crippen LogP contribution in [0, 0.1) is 0 Å². The van der Waals surface area contributed by atoms with E-state index in [1.165, 1.54) is 5.32 Å². The molecule has 0 aliphatic rings. The molecule has 0 aromatic heterocycles. The average molecular weight is 278 g/mol. The molecule has 0 bridgehead atoms. The Labute approximate surface area is 81.1 Å². The topological polar surface area (TPSA) is 0 Å². The van der Waals surface area contributed by atoms with Gasteiger partial charge in [0.15, 0.2) is 0 Å². The molecule has 0 aliphatic carbocycles. The minimum atomic E-state index is 0.668. The molecule has 2 heteroatoms. The van der Waals surface area contributed by atoms with Crippen molar-refractivity contribution in [2.75, 3.05) is 0 Å². The Bertz CT molecular complexity index is 221. The van der Waals surface area contributed by atoms with Gasteiger partial charge < -0.3 is 0 Å². The van der Waals surface area contributed by atoms with Gasteiger partial charge in [0.25, 0.3) is 0 Å². The first-order chi connectivity index (χ1) is 5.38. The Morgan fingerprint density at radius 1 is 1.18 bits per heavy atom. The van der Waals surface area contributed by atoms with Gasteiger partial charge in [-0.1, -0.05) is 0 Å². The van der Waals surface area contributed by atoms with Crippen LogP contribution in [0.5, 0.6) is 0 Å². The van der Waals surface area contributed by atoms with Crippen LogP contribution in [0.2, 0.25) is 11.6 Å². The maximum absolute atomic E-state index is 2.30. The summed E-state index contributed by atoms with van der Waals surface area (Å²) in [6, 6.07) is 8.83. The van der Waals surface area contributed by atoms with Crippen LogP contribution < -0.4 is 4.46 Å². The van der Waals surface area contributed by atoms with Crippen molar-refractivity contribution < 1.29 is 0 Å². The molecule has 0 radical (unpaired) electrons. The summed E-state index contributed by atoms with van der Waals surface area (Å²) in [6.45, 7) is 0. The van der Waals surface area contributed by atoms with Gasteiger partial charge in [0.2, 0.25) is 0 Å². The Morgan fingerprint density at radius 3 is 2.55 bits per heavy atom. The molecular weight excluding hydrogens is 266 g/mol. The molecule has 1 rings (SSSR count). The zero-order valence-electron chi connectivity index (χ0n) is 6.83. The summed E-state index contributed by atoms with van der Waals surface area (Å²) < 4.78 is 1.59. The van der Waals surface area contributed by atoms with Gasteiger partial charge in [0, 0.05) is 0 Å². The van der Waals surface area contributed by atoms with Crippen molar-refractivity contribution in [1.82, 2.24) is 0 Å². The van der Waals surface area contributed by atoms with Crippen molar-refractivity contribution in [3.63, 3.8) is 0 Å². The van der Waals surface area contributed by atoms with E-state index >= 15 is 0 Å². The molecule has 0 aliphatic heterocycles. The molecular formula is C9H12Se2. The number of benzene rings is 1. The van der Waals surface area contributed by atoms with Gasteiger partial charge in [-0.15, -0.1) is 0 Å². The molecule has 0 unspecified atom stereocenters. The van der Waals surface area contributed by atoms with E-state index < -0.39 is 0 Å². The number of hydrogen-bond acceptors (Lipinski definition) is 0. The van der Waals surface area contributed by atoms with Crippen LogP contribution in [-0.2, 0) is 5.32 Å². The molecule has 0 amide bonds. The third-order valence-corrected chi connectivity index (χ3v) is 4.51. The van der Waals surface area contributed by atoms with Gasteiger partial charge in [-0.05, 0) is 0 Å². The summed E-state index contributed by atoms with van der Waals surface area (Å²) in [5.41, 5.74) is 1.58. The number of rotatable bonds is 3. The SMILES string of the molecule is C[Se]Cc1ccccc1[Se]C. The van der Waals surface area contributed by atoms with Crippen molar-refractivity contribution in [2.24, 2.45) is 0 Å². The predicted molar refractivity (Wildman–Crippen MR) is 53.0 cm³/mol. The Morgan fingerprint density at radius 2 is 1.91 bits per heavy atom. The van der Waals surface area contributed by atoms with Gasteiger partial charge in [-0.3, -0.25) is 0 Å². The molecule has 0 N–H and O–H groups in total. The normalized spacial score (nSPS) is 10.0. The molecule has 0 nitrogen and oxygen atoms in total. The summed E-state index contributed by atoms with van der Waals surface area (Å²) in [4.78, 5) is 0. The van der Waals surface area contributed by atoms with Crippen LogP contribution in [0.4, 0.5) is 0 Å². The third-order valence-electron chi connectivity index (χ3n) is 1.49. The zero-order valence-corrected chi connectivity index (χ0v) is 10.3. The fraction of sp³-hybridized carbons (Fsp3) is 0.333. The Balaban J connectivity index is 2.83. The predicted octanol–water partition coefficient (Wildman–Crippen LogP) is 1.32. The van der Waals surface area contributed by atoms with E-state index in [4.69, 9.17) is 0 Å². The van der Waals surface area contributed by atoms with Crippen molar-refractivity contribution >= 4 is 34.4 Å². The van der Waals surface area contributed by atoms with Gasteiger partial charge in [-0.2, -0.15) is 0 Å². The van der Waals surface area contributed by atoms with Crippen LogP contribution in [0.25, 0.3) is 0 Å². The second kappa shape index (κ2) is 5.00. The quantitative estimate of drug-likeness (QED) is 0.731. The first kappa shape index (κ1) is 9.35. The van der Waals surface area contributed by atoms with Crippen molar-refractivity contribution in [3.05, 3.63) is 29.8 Å². The minimum absolute atomic E-state index is 0.668. The third kappa shape index (κ3) is 2.65. The van der Waals surface area contributed by atoms with E-state index in [2.05, 4.69) is 35.9 Å². The van der Waals surface area contributed by atoms with E-state index in [-0.39, 0.29) is 0 Å². The van der Waals surface area contributed by atoms with Crippen LogP contribution in [-0.4, -0.2) is 29.9 Å². The van der Waals surface area contributed by atoms with E-state index in [1.54, 1.807) is 10.0 Å². The van der Waals surface area contributed by atoms with E-state index in [0.717, 1.165) is 15.0 Å². The average Bonchev–Trinajstić information content (AvgIpc) is 2.06. The first-order valence-corrected chi connectivity index (χ1v) is 8.98. The van der Waals surface area contributed by atoms with Crippen molar-refractivity contribution in [3.8, 4) is 0 Å². The molecule has 1 aromatic carbocycles. The van der Waals surface area contributed by atoms with Crippen LogP contribution in [0.3, 0.4) is 0 Å². The summed E-state index contributed by atoms with van der Waals surface area (Å²) in [6.07, 6.45) is 0. The van der Waals surface area contributed by atoms with E-state index in [0.29, 0.717) is 15.0 Å². The molecule has 0 saturated carbocycles. The first-order valence-electron chi connectivity index (χ1n) is 3.49. The second-order valence-corrected chi connectivity index (χ2v) is 5.84. The van der Waals surface area contributed by atoms with Crippen molar-refractivity contribution in [2.45, 2.75) is 17.0 Å². The molecule has 11 heavy (non-hydrogen) atoms. The Hall–Kier alpha value is 0.259. The van der Waals surface area contributed by atoms with E-state index in [1.807, 2.05) is 0 Å². The van der Waals surface area contributed by atoms with Gasteiger partial charge in [0.1, 0.15) is 0 Å². The zero-order chi connectivity index (χ0) is 8.10. The van der Waals surface area contributed by atoms with Crippen molar-refractivity contribution in [1.29, 1.82) is 0 Å². The monoisotopic (exact) mass is 280 g/mol. The fourth-order valence-electron chi connectivity index (χ4n) is 0.978. The Kier molecular flexibility index (Phi) is 4.25. The van der Waals surface area contributed by atoms with E-state index in [9.17, 15) is 0 Å². The molecule has 0 spiro atoms. The summed E-state index contributed by atoms with van der Waals surface area (Å²) in [5, 5.41) is 1.30. The second-order valence-electron chi connectivity index (χ2n) is 2.24. The van der Waals surface area contributed by atoms with Crippen LogP contribution >= 0.6 is 0 Å². The summed E-state index contributed by atoms with van der Waals surface area (Å²) in [7, 11) is 0. The van der Waals surface area contributed by atoms with Gasteiger partial charge in [0.05, 0.1) is 0 Å².